The largest absolute Gasteiger partial charge is 0.376 e. The number of aryl methyl sites for hydroxylation is 1. The molecule has 0 unspecified atom stereocenters. The molecule has 0 spiro atoms. The zero-order valence-corrected chi connectivity index (χ0v) is 10.4. The summed E-state index contributed by atoms with van der Waals surface area (Å²) < 4.78 is 5.50. The van der Waals surface area contributed by atoms with E-state index >= 15 is 0 Å². The SMILES string of the molecule is O=C(NC[C@@H]1CCCO1)[C@@H]1CCc2nc[nH]c2C1. The maximum absolute atomic E-state index is 12.1. The van der Waals surface area contributed by atoms with Crippen LogP contribution in [0.4, 0.5) is 0 Å². The summed E-state index contributed by atoms with van der Waals surface area (Å²) in [6, 6.07) is 0. The third kappa shape index (κ3) is 2.41. The lowest BCUT2D eigenvalue weighted by Gasteiger charge is -2.21. The Bertz CT molecular complexity index is 424. The fourth-order valence-corrected chi connectivity index (χ4v) is 2.79. The number of amides is 1. The highest BCUT2D eigenvalue weighted by atomic mass is 16.5. The molecule has 0 radical (unpaired) electrons. The van der Waals surface area contributed by atoms with Crippen LogP contribution in [-0.4, -0.2) is 35.1 Å². The second kappa shape index (κ2) is 5.10. The number of aromatic amines is 1. The fraction of sp³-hybridized carbons (Fsp3) is 0.692. The van der Waals surface area contributed by atoms with Crippen molar-refractivity contribution < 1.29 is 9.53 Å². The number of imidazole rings is 1. The van der Waals surface area contributed by atoms with Crippen LogP contribution in [-0.2, 0) is 22.4 Å². The zero-order chi connectivity index (χ0) is 12.4. The number of H-pyrrole nitrogens is 1. The number of fused-ring (bicyclic) bond motifs is 1. The summed E-state index contributed by atoms with van der Waals surface area (Å²) in [6.45, 7) is 1.49. The van der Waals surface area contributed by atoms with Crippen molar-refractivity contribution >= 4 is 5.91 Å². The number of rotatable bonds is 3. The van der Waals surface area contributed by atoms with Crippen molar-refractivity contribution in [2.45, 2.75) is 38.2 Å². The van der Waals surface area contributed by atoms with Gasteiger partial charge >= 0.3 is 0 Å². The number of nitrogens with one attached hydrogen (secondary N) is 2. The molecule has 0 bridgehead atoms. The molecule has 2 aliphatic rings. The molecule has 2 atom stereocenters. The molecular formula is C13H19N3O2. The van der Waals surface area contributed by atoms with E-state index in [4.69, 9.17) is 4.74 Å². The molecule has 98 valence electrons. The van der Waals surface area contributed by atoms with Gasteiger partial charge in [-0.25, -0.2) is 4.98 Å². The highest BCUT2D eigenvalue weighted by molar-refractivity contribution is 5.79. The first-order chi connectivity index (χ1) is 8.83. The molecule has 1 aromatic heterocycles. The maximum Gasteiger partial charge on any atom is 0.223 e. The minimum atomic E-state index is 0.0827. The zero-order valence-electron chi connectivity index (χ0n) is 10.4. The number of ether oxygens (including phenoxy) is 1. The molecule has 1 saturated heterocycles. The molecule has 1 amide bonds. The summed E-state index contributed by atoms with van der Waals surface area (Å²) in [5.41, 5.74) is 2.25. The van der Waals surface area contributed by atoms with E-state index in [1.54, 1.807) is 6.33 Å². The molecule has 5 heteroatoms. The molecule has 2 heterocycles. The van der Waals surface area contributed by atoms with Gasteiger partial charge in [-0.05, 0) is 25.7 Å². The van der Waals surface area contributed by atoms with Crippen LogP contribution in [0.25, 0.3) is 0 Å². The Morgan fingerprint density at radius 2 is 2.50 bits per heavy atom. The Morgan fingerprint density at radius 1 is 1.56 bits per heavy atom. The highest BCUT2D eigenvalue weighted by Gasteiger charge is 2.26. The predicted molar refractivity (Wildman–Crippen MR) is 66.1 cm³/mol. The maximum atomic E-state index is 12.1. The van der Waals surface area contributed by atoms with Crippen molar-refractivity contribution in [2.24, 2.45) is 5.92 Å². The Labute approximate surface area is 106 Å². The smallest absolute Gasteiger partial charge is 0.223 e. The molecule has 0 saturated carbocycles. The summed E-state index contributed by atoms with van der Waals surface area (Å²) in [7, 11) is 0. The van der Waals surface area contributed by atoms with Crippen LogP contribution < -0.4 is 5.32 Å². The first kappa shape index (κ1) is 11.7. The molecule has 1 fully saturated rings. The number of hydrogen-bond acceptors (Lipinski definition) is 3. The monoisotopic (exact) mass is 249 g/mol. The minimum Gasteiger partial charge on any atom is -0.376 e. The van der Waals surface area contributed by atoms with Gasteiger partial charge in [0.1, 0.15) is 0 Å². The molecule has 3 rings (SSSR count). The van der Waals surface area contributed by atoms with E-state index in [-0.39, 0.29) is 17.9 Å². The van der Waals surface area contributed by atoms with E-state index in [9.17, 15) is 4.79 Å². The Morgan fingerprint density at radius 3 is 3.33 bits per heavy atom. The summed E-state index contributed by atoms with van der Waals surface area (Å²) in [5.74, 6) is 0.241. The first-order valence-corrected chi connectivity index (χ1v) is 6.73. The van der Waals surface area contributed by atoms with Crippen LogP contribution in [0.5, 0.6) is 0 Å². The summed E-state index contributed by atoms with van der Waals surface area (Å²) in [6.07, 6.45) is 6.70. The van der Waals surface area contributed by atoms with Crippen LogP contribution in [0.2, 0.25) is 0 Å². The van der Waals surface area contributed by atoms with Gasteiger partial charge in [0.25, 0.3) is 0 Å². The molecule has 1 aliphatic heterocycles. The normalized spacial score (nSPS) is 26.9. The van der Waals surface area contributed by atoms with Crippen molar-refractivity contribution in [1.82, 2.24) is 15.3 Å². The molecule has 5 nitrogen and oxygen atoms in total. The minimum absolute atomic E-state index is 0.0827. The van der Waals surface area contributed by atoms with Gasteiger partial charge in [-0.15, -0.1) is 0 Å². The van der Waals surface area contributed by atoms with Gasteiger partial charge in [-0.2, -0.15) is 0 Å². The number of aromatic nitrogens is 2. The summed E-state index contributed by atoms with van der Waals surface area (Å²) >= 11 is 0. The van der Waals surface area contributed by atoms with E-state index in [1.807, 2.05) is 0 Å². The van der Waals surface area contributed by atoms with Crippen LogP contribution in [0, 0.1) is 5.92 Å². The molecule has 0 aromatic carbocycles. The average molecular weight is 249 g/mol. The lowest BCUT2D eigenvalue weighted by Crippen LogP contribution is -2.38. The van der Waals surface area contributed by atoms with Gasteiger partial charge in [-0.3, -0.25) is 4.79 Å². The van der Waals surface area contributed by atoms with Crippen molar-refractivity contribution in [3.63, 3.8) is 0 Å². The molecule has 1 aromatic rings. The highest BCUT2D eigenvalue weighted by Crippen LogP contribution is 2.23. The van der Waals surface area contributed by atoms with Crippen molar-refractivity contribution in [1.29, 1.82) is 0 Å². The summed E-state index contributed by atoms with van der Waals surface area (Å²) in [4.78, 5) is 19.5. The second-order valence-electron chi connectivity index (χ2n) is 5.15. The van der Waals surface area contributed by atoms with Crippen LogP contribution in [0.1, 0.15) is 30.7 Å². The van der Waals surface area contributed by atoms with E-state index in [2.05, 4.69) is 15.3 Å². The Kier molecular flexibility index (Phi) is 3.32. The van der Waals surface area contributed by atoms with E-state index in [0.29, 0.717) is 6.54 Å². The third-order valence-electron chi connectivity index (χ3n) is 3.89. The second-order valence-corrected chi connectivity index (χ2v) is 5.15. The van der Waals surface area contributed by atoms with Crippen molar-refractivity contribution in [2.75, 3.05) is 13.2 Å². The number of carbonyl (C=O) groups is 1. The van der Waals surface area contributed by atoms with Gasteiger partial charge in [0, 0.05) is 31.2 Å². The third-order valence-corrected chi connectivity index (χ3v) is 3.89. The topological polar surface area (TPSA) is 67.0 Å². The number of carbonyl (C=O) groups excluding carboxylic acids is 1. The molecule has 1 aliphatic carbocycles. The molecule has 18 heavy (non-hydrogen) atoms. The van der Waals surface area contributed by atoms with E-state index in [1.165, 1.54) is 0 Å². The van der Waals surface area contributed by atoms with Gasteiger partial charge in [0.05, 0.1) is 18.1 Å². The molecular weight excluding hydrogens is 230 g/mol. The van der Waals surface area contributed by atoms with Crippen LogP contribution in [0.3, 0.4) is 0 Å². The van der Waals surface area contributed by atoms with E-state index < -0.39 is 0 Å². The van der Waals surface area contributed by atoms with Crippen LogP contribution >= 0.6 is 0 Å². The van der Waals surface area contributed by atoms with Gasteiger partial charge in [0.2, 0.25) is 5.91 Å². The fourth-order valence-electron chi connectivity index (χ4n) is 2.79. The van der Waals surface area contributed by atoms with Gasteiger partial charge < -0.3 is 15.0 Å². The van der Waals surface area contributed by atoms with Crippen LogP contribution in [0.15, 0.2) is 6.33 Å². The van der Waals surface area contributed by atoms with Gasteiger partial charge in [0.15, 0.2) is 0 Å². The lowest BCUT2D eigenvalue weighted by atomic mass is 9.89. The van der Waals surface area contributed by atoms with E-state index in [0.717, 1.165) is 50.1 Å². The van der Waals surface area contributed by atoms with Gasteiger partial charge in [-0.1, -0.05) is 0 Å². The quantitative estimate of drug-likeness (QED) is 0.833. The standard InChI is InChI=1S/C13H19N3O2/c17-13(14-7-10-2-1-5-18-10)9-3-4-11-12(6-9)16-8-15-11/h8-10H,1-7H2,(H,14,17)(H,15,16)/t9-,10+/m1/s1. The lowest BCUT2D eigenvalue weighted by molar-refractivity contribution is -0.125. The Hall–Kier alpha value is -1.36. The predicted octanol–water partition coefficient (Wildman–Crippen LogP) is 0.810. The summed E-state index contributed by atoms with van der Waals surface area (Å²) in [5, 5.41) is 3.02. The number of nitrogens with zero attached hydrogens (tertiary/aromatic N) is 1. The number of hydrogen-bond donors (Lipinski definition) is 2. The first-order valence-electron chi connectivity index (χ1n) is 6.73. The van der Waals surface area contributed by atoms with Crippen molar-refractivity contribution in [3.05, 3.63) is 17.7 Å². The average Bonchev–Trinajstić information content (AvgIpc) is 3.05. The molecule has 2 N–H and O–H groups in total. The Balaban J connectivity index is 1.51. The van der Waals surface area contributed by atoms with Crippen molar-refractivity contribution in [3.8, 4) is 0 Å².